The van der Waals surface area contributed by atoms with Crippen molar-refractivity contribution in [2.24, 2.45) is 0 Å². The summed E-state index contributed by atoms with van der Waals surface area (Å²) in [5.41, 5.74) is 0.783. The minimum Gasteiger partial charge on any atom is -0.449 e. The van der Waals surface area contributed by atoms with Crippen LogP contribution in [0.2, 0.25) is 0 Å². The summed E-state index contributed by atoms with van der Waals surface area (Å²) < 4.78 is 18.0. The number of hydrogen-bond acceptors (Lipinski definition) is 3. The van der Waals surface area contributed by atoms with Gasteiger partial charge in [0.25, 0.3) is 0 Å². The minimum atomic E-state index is -0.308. The summed E-state index contributed by atoms with van der Waals surface area (Å²) in [7, 11) is 0. The molecule has 2 rings (SSSR count). The molecule has 1 aliphatic rings. The Labute approximate surface area is 142 Å². The molecule has 0 saturated carbocycles. The van der Waals surface area contributed by atoms with Gasteiger partial charge in [-0.05, 0) is 37.0 Å². The van der Waals surface area contributed by atoms with Crippen molar-refractivity contribution in [2.45, 2.75) is 45.1 Å². The van der Waals surface area contributed by atoms with Gasteiger partial charge in [-0.25, -0.2) is 9.18 Å². The van der Waals surface area contributed by atoms with Gasteiger partial charge < -0.3 is 15.0 Å². The third-order valence-corrected chi connectivity index (χ3v) is 4.12. The first kappa shape index (κ1) is 18.2. The molecule has 1 aliphatic heterocycles. The van der Waals surface area contributed by atoms with Crippen LogP contribution in [0.4, 0.5) is 9.18 Å². The van der Waals surface area contributed by atoms with E-state index in [0.29, 0.717) is 19.7 Å². The van der Waals surface area contributed by atoms with Gasteiger partial charge in [0.1, 0.15) is 5.82 Å². The highest BCUT2D eigenvalue weighted by atomic mass is 19.1. The second-order valence-corrected chi connectivity index (χ2v) is 6.10. The van der Waals surface area contributed by atoms with Crippen LogP contribution in [0.15, 0.2) is 24.3 Å². The highest BCUT2D eigenvalue weighted by molar-refractivity contribution is 5.78. The summed E-state index contributed by atoms with van der Waals surface area (Å²) >= 11 is 0. The minimum absolute atomic E-state index is 0.0673. The van der Waals surface area contributed by atoms with Gasteiger partial charge in [0.05, 0.1) is 13.0 Å². The van der Waals surface area contributed by atoms with Crippen LogP contribution in [0.25, 0.3) is 0 Å². The van der Waals surface area contributed by atoms with E-state index in [1.165, 1.54) is 12.1 Å². The van der Waals surface area contributed by atoms with Crippen molar-refractivity contribution in [3.05, 3.63) is 35.6 Å². The smallest absolute Gasteiger partial charge is 0.409 e. The molecule has 1 aromatic rings. The van der Waals surface area contributed by atoms with E-state index >= 15 is 0 Å². The van der Waals surface area contributed by atoms with Crippen molar-refractivity contribution in [2.75, 3.05) is 19.7 Å². The molecule has 0 atom stereocenters. The van der Waals surface area contributed by atoms with Crippen LogP contribution < -0.4 is 5.32 Å². The Hall–Kier alpha value is -2.11. The highest BCUT2D eigenvalue weighted by Crippen LogP contribution is 2.12. The number of hydrogen-bond donors (Lipinski definition) is 1. The molecular formula is C18H25FN2O3. The molecule has 0 radical (unpaired) electrons. The van der Waals surface area contributed by atoms with E-state index < -0.39 is 0 Å². The molecule has 5 nitrogen and oxygen atoms in total. The fourth-order valence-electron chi connectivity index (χ4n) is 2.67. The van der Waals surface area contributed by atoms with Gasteiger partial charge in [-0.2, -0.15) is 0 Å². The van der Waals surface area contributed by atoms with Crippen molar-refractivity contribution in [1.29, 1.82) is 0 Å². The molecule has 2 amide bonds. The molecule has 24 heavy (non-hydrogen) atoms. The first-order chi connectivity index (χ1) is 11.6. The number of carbonyl (C=O) groups excluding carboxylic acids is 2. The molecule has 0 spiro atoms. The maximum Gasteiger partial charge on any atom is 0.409 e. The van der Waals surface area contributed by atoms with Crippen LogP contribution in [0.1, 0.15) is 38.2 Å². The molecule has 0 bridgehead atoms. The van der Waals surface area contributed by atoms with Crippen molar-refractivity contribution >= 4 is 12.0 Å². The zero-order chi connectivity index (χ0) is 17.4. The van der Waals surface area contributed by atoms with Crippen LogP contribution in [-0.2, 0) is 16.0 Å². The number of nitrogens with zero attached hydrogens (tertiary/aromatic N) is 1. The van der Waals surface area contributed by atoms with E-state index in [2.05, 4.69) is 5.32 Å². The first-order valence-electron chi connectivity index (χ1n) is 8.54. The lowest BCUT2D eigenvalue weighted by molar-refractivity contribution is -0.121. The van der Waals surface area contributed by atoms with Crippen molar-refractivity contribution < 1.29 is 18.7 Å². The molecule has 1 saturated heterocycles. The van der Waals surface area contributed by atoms with Crippen LogP contribution in [-0.4, -0.2) is 42.6 Å². The number of rotatable bonds is 6. The Bertz CT molecular complexity index is 540. The highest BCUT2D eigenvalue weighted by Gasteiger charge is 2.24. The van der Waals surface area contributed by atoms with Gasteiger partial charge in [0.2, 0.25) is 5.91 Å². The first-order valence-corrected chi connectivity index (χ1v) is 8.54. The van der Waals surface area contributed by atoms with Gasteiger partial charge in [0.15, 0.2) is 0 Å². The number of halogens is 1. The largest absolute Gasteiger partial charge is 0.449 e. The standard InChI is InChI=1S/C18H25FN2O3/c1-2-3-12-24-18(23)21-10-8-16(9-11-21)20-17(22)13-14-4-6-15(19)7-5-14/h4-7,16H,2-3,8-13H2,1H3,(H,20,22). The van der Waals surface area contributed by atoms with Crippen molar-refractivity contribution in [3.63, 3.8) is 0 Å². The van der Waals surface area contributed by atoms with Crippen molar-refractivity contribution in [3.8, 4) is 0 Å². The average Bonchev–Trinajstić information content (AvgIpc) is 2.58. The molecule has 0 aliphatic carbocycles. The van der Waals surface area contributed by atoms with Crippen LogP contribution in [0.5, 0.6) is 0 Å². The number of likely N-dealkylation sites (tertiary alicyclic amines) is 1. The van der Waals surface area contributed by atoms with E-state index in [1.807, 2.05) is 6.92 Å². The van der Waals surface area contributed by atoms with Gasteiger partial charge in [0, 0.05) is 19.1 Å². The number of amides is 2. The van der Waals surface area contributed by atoms with Crippen LogP contribution >= 0.6 is 0 Å². The van der Waals surface area contributed by atoms with Gasteiger partial charge in [-0.15, -0.1) is 0 Å². The molecule has 1 fully saturated rings. The van der Waals surface area contributed by atoms with Gasteiger partial charge in [-0.1, -0.05) is 25.5 Å². The lowest BCUT2D eigenvalue weighted by atomic mass is 10.0. The fraction of sp³-hybridized carbons (Fsp3) is 0.556. The Kier molecular flexibility index (Phi) is 7.03. The molecular weight excluding hydrogens is 311 g/mol. The van der Waals surface area contributed by atoms with Crippen molar-refractivity contribution in [1.82, 2.24) is 10.2 Å². The summed E-state index contributed by atoms with van der Waals surface area (Å²) in [6.07, 6.45) is 3.28. The molecule has 132 valence electrons. The molecule has 0 aromatic heterocycles. The van der Waals surface area contributed by atoms with Gasteiger partial charge >= 0.3 is 6.09 Å². The molecule has 6 heteroatoms. The number of piperidine rings is 1. The second kappa shape index (κ2) is 9.25. The topological polar surface area (TPSA) is 58.6 Å². The lowest BCUT2D eigenvalue weighted by Crippen LogP contribution is -2.47. The Balaban J connectivity index is 1.69. The maximum atomic E-state index is 12.9. The number of carbonyl (C=O) groups is 2. The third kappa shape index (κ3) is 5.83. The Morgan fingerprint density at radius 1 is 1.25 bits per heavy atom. The summed E-state index contributed by atoms with van der Waals surface area (Å²) in [5, 5.41) is 2.98. The summed E-state index contributed by atoms with van der Waals surface area (Å²) in [6, 6.07) is 6.00. The normalized spacial score (nSPS) is 15.2. The number of unbranched alkanes of at least 4 members (excludes halogenated alkanes) is 1. The molecule has 1 heterocycles. The quantitative estimate of drug-likeness (QED) is 0.813. The lowest BCUT2D eigenvalue weighted by Gasteiger charge is -2.31. The predicted octanol–water partition coefficient (Wildman–Crippen LogP) is 2.89. The summed E-state index contributed by atoms with van der Waals surface area (Å²) in [4.78, 5) is 25.6. The third-order valence-electron chi connectivity index (χ3n) is 4.12. The van der Waals surface area contributed by atoms with E-state index in [9.17, 15) is 14.0 Å². The van der Waals surface area contributed by atoms with Gasteiger partial charge in [-0.3, -0.25) is 4.79 Å². The SMILES string of the molecule is CCCCOC(=O)N1CCC(NC(=O)Cc2ccc(F)cc2)CC1. The van der Waals surface area contributed by atoms with Crippen LogP contribution in [0, 0.1) is 5.82 Å². The number of nitrogens with one attached hydrogen (secondary N) is 1. The van der Waals surface area contributed by atoms with E-state index in [4.69, 9.17) is 4.74 Å². The average molecular weight is 336 g/mol. The molecule has 1 aromatic carbocycles. The second-order valence-electron chi connectivity index (χ2n) is 6.10. The Morgan fingerprint density at radius 3 is 2.54 bits per heavy atom. The van der Waals surface area contributed by atoms with E-state index in [1.54, 1.807) is 17.0 Å². The van der Waals surface area contributed by atoms with E-state index in [0.717, 1.165) is 31.2 Å². The fourth-order valence-corrected chi connectivity index (χ4v) is 2.67. The zero-order valence-corrected chi connectivity index (χ0v) is 14.1. The number of benzene rings is 1. The zero-order valence-electron chi connectivity index (χ0n) is 14.1. The van der Waals surface area contributed by atoms with E-state index in [-0.39, 0.29) is 30.3 Å². The summed E-state index contributed by atoms with van der Waals surface area (Å²) in [6.45, 7) is 3.69. The molecule has 0 unspecified atom stereocenters. The Morgan fingerprint density at radius 2 is 1.92 bits per heavy atom. The number of ether oxygens (including phenoxy) is 1. The monoisotopic (exact) mass is 336 g/mol. The molecule has 1 N–H and O–H groups in total. The predicted molar refractivity (Wildman–Crippen MR) is 89.1 cm³/mol. The maximum absolute atomic E-state index is 12.9. The summed E-state index contributed by atoms with van der Waals surface area (Å²) in [5.74, 6) is -0.386. The van der Waals surface area contributed by atoms with Crippen LogP contribution in [0.3, 0.4) is 0 Å².